The molecule has 0 amide bonds. The molecule has 1 aliphatic rings. The number of ether oxygens (including phenoxy) is 1. The summed E-state index contributed by atoms with van der Waals surface area (Å²) in [5.41, 5.74) is 4.83. The molecule has 1 saturated heterocycles. The predicted octanol–water partition coefficient (Wildman–Crippen LogP) is 4.55. The summed E-state index contributed by atoms with van der Waals surface area (Å²) in [6.07, 6.45) is 9.75. The molecule has 10 nitrogen and oxygen atoms in total. The molecule has 2 aromatic carbocycles. The molecule has 216 valence electrons. The molecule has 4 heterocycles. The van der Waals surface area contributed by atoms with Crippen molar-refractivity contribution in [2.24, 2.45) is 0 Å². The normalized spacial score (nSPS) is 13.2. The number of nitrogens with one attached hydrogen (secondary N) is 3. The predicted molar refractivity (Wildman–Crippen MR) is 168 cm³/mol. The first-order chi connectivity index (χ1) is 21.2. The van der Waals surface area contributed by atoms with E-state index >= 15 is 0 Å². The minimum atomic E-state index is -0.291. The van der Waals surface area contributed by atoms with E-state index in [0.29, 0.717) is 35.2 Å². The molecule has 3 N–H and O–H groups in total. The molecule has 0 aliphatic carbocycles. The van der Waals surface area contributed by atoms with E-state index in [1.54, 1.807) is 23.0 Å². The molecule has 0 atom stereocenters. The molecule has 1 aliphatic heterocycles. The monoisotopic (exact) mass is 572 g/mol. The second-order valence-corrected chi connectivity index (χ2v) is 10.2. The number of aromatic nitrogens is 5. The van der Waals surface area contributed by atoms with Gasteiger partial charge in [0, 0.05) is 46.3 Å². The average molecular weight is 573 g/mol. The third kappa shape index (κ3) is 6.63. The third-order valence-electron chi connectivity index (χ3n) is 7.24. The van der Waals surface area contributed by atoms with Gasteiger partial charge in [0.25, 0.3) is 5.56 Å². The Balaban J connectivity index is 1.34. The van der Waals surface area contributed by atoms with Gasteiger partial charge in [0.1, 0.15) is 18.1 Å². The van der Waals surface area contributed by atoms with Crippen LogP contribution in [0.1, 0.15) is 30.9 Å². The van der Waals surface area contributed by atoms with Crippen LogP contribution in [0.4, 0.5) is 17.3 Å². The van der Waals surface area contributed by atoms with Crippen molar-refractivity contribution < 1.29 is 4.74 Å². The van der Waals surface area contributed by atoms with Crippen molar-refractivity contribution in [2.45, 2.75) is 32.4 Å². The molecule has 0 unspecified atom stereocenters. The van der Waals surface area contributed by atoms with Gasteiger partial charge in [-0.15, -0.1) is 0 Å². The van der Waals surface area contributed by atoms with Crippen LogP contribution in [0.3, 0.4) is 0 Å². The van der Waals surface area contributed by atoms with E-state index in [1.165, 1.54) is 6.33 Å². The number of pyridine rings is 1. The second-order valence-electron chi connectivity index (χ2n) is 10.2. The molecule has 3 aromatic heterocycles. The zero-order valence-corrected chi connectivity index (χ0v) is 23.9. The second kappa shape index (κ2) is 13.1. The summed E-state index contributed by atoms with van der Waals surface area (Å²) in [6, 6.07) is 20.1. The minimum Gasteiger partial charge on any atom is -0.447 e. The number of benzene rings is 2. The van der Waals surface area contributed by atoms with E-state index in [9.17, 15) is 4.79 Å². The molecular weight excluding hydrogens is 540 g/mol. The lowest BCUT2D eigenvalue weighted by Crippen LogP contribution is -2.35. The number of fused-ring (bicyclic) bond motifs is 1. The summed E-state index contributed by atoms with van der Waals surface area (Å²) < 4.78 is 6.79. The van der Waals surface area contributed by atoms with Gasteiger partial charge in [-0.1, -0.05) is 30.3 Å². The lowest BCUT2D eigenvalue weighted by molar-refractivity contribution is 0.299. The van der Waals surface area contributed by atoms with Gasteiger partial charge in [-0.3, -0.25) is 9.36 Å². The highest BCUT2D eigenvalue weighted by atomic mass is 16.5. The van der Waals surface area contributed by atoms with Crippen molar-refractivity contribution in [2.75, 3.05) is 30.3 Å². The largest absolute Gasteiger partial charge is 0.447 e. The van der Waals surface area contributed by atoms with Crippen LogP contribution in [0.25, 0.3) is 22.3 Å². The summed E-state index contributed by atoms with van der Waals surface area (Å²) in [7, 11) is 0. The Hall–Kier alpha value is -5.27. The number of hydrogen-bond donors (Lipinski definition) is 3. The van der Waals surface area contributed by atoms with E-state index in [-0.39, 0.29) is 12.1 Å². The highest BCUT2D eigenvalue weighted by Crippen LogP contribution is 2.23. The summed E-state index contributed by atoms with van der Waals surface area (Å²) in [5, 5.41) is 11.0. The van der Waals surface area contributed by atoms with Crippen molar-refractivity contribution in [1.82, 2.24) is 29.8 Å². The summed E-state index contributed by atoms with van der Waals surface area (Å²) in [6.45, 7) is 4.52. The zero-order valence-electron chi connectivity index (χ0n) is 23.9. The molecule has 0 bridgehead atoms. The fourth-order valence-corrected chi connectivity index (χ4v) is 5.10. The van der Waals surface area contributed by atoms with Gasteiger partial charge in [-0.05, 0) is 69.1 Å². The maximum Gasteiger partial charge on any atom is 0.268 e. The maximum absolute atomic E-state index is 13.8. The van der Waals surface area contributed by atoms with E-state index in [2.05, 4.69) is 42.9 Å². The Labute approximate surface area is 249 Å². The Morgan fingerprint density at radius 3 is 2.60 bits per heavy atom. The Morgan fingerprint density at radius 2 is 1.81 bits per heavy atom. The van der Waals surface area contributed by atoms with Crippen LogP contribution in [-0.2, 0) is 11.3 Å². The van der Waals surface area contributed by atoms with Crippen LogP contribution in [0, 0.1) is 12.0 Å². The molecule has 10 heteroatoms. The van der Waals surface area contributed by atoms with E-state index < -0.39 is 0 Å². The number of nitrogens with zero attached hydrogens (tertiary/aromatic N) is 5. The fourth-order valence-electron chi connectivity index (χ4n) is 5.10. The van der Waals surface area contributed by atoms with E-state index in [0.717, 1.165) is 54.1 Å². The minimum absolute atomic E-state index is 0.193. The smallest absolute Gasteiger partial charge is 0.268 e. The van der Waals surface area contributed by atoms with Crippen molar-refractivity contribution in [1.29, 1.82) is 0 Å². The van der Waals surface area contributed by atoms with Gasteiger partial charge in [0.05, 0.1) is 24.4 Å². The Morgan fingerprint density at radius 1 is 1.02 bits per heavy atom. The van der Waals surface area contributed by atoms with Gasteiger partial charge >= 0.3 is 0 Å². The molecule has 0 radical (unpaired) electrons. The van der Waals surface area contributed by atoms with Crippen LogP contribution in [0.5, 0.6) is 0 Å². The quantitative estimate of drug-likeness (QED) is 0.230. The standard InChI is InChI=1S/C33H32N8O2/c1-2-43-17-14-24-18-25-20-36-33(39-28-10-8-27(9-11-28)38-29-12-15-34-16-13-29)40-31(25)41(32(24)42)21-26-19-35-22-37-30(26)23-6-4-3-5-7-23/h3-11,18-20,22,29,34,38H,2,12-13,15-16,21H2,1H3,(H,36,39,40). The van der Waals surface area contributed by atoms with Gasteiger partial charge in [-0.2, -0.15) is 4.98 Å². The lowest BCUT2D eigenvalue weighted by atomic mass is 10.1. The highest BCUT2D eigenvalue weighted by molar-refractivity contribution is 5.78. The molecule has 0 saturated carbocycles. The lowest BCUT2D eigenvalue weighted by Gasteiger charge is -2.24. The topological polar surface area (TPSA) is 119 Å². The van der Waals surface area contributed by atoms with Gasteiger partial charge in [-0.25, -0.2) is 15.0 Å². The van der Waals surface area contributed by atoms with Crippen LogP contribution < -0.4 is 21.5 Å². The first kappa shape index (κ1) is 27.9. The molecule has 43 heavy (non-hydrogen) atoms. The Kier molecular flexibility index (Phi) is 8.52. The van der Waals surface area contributed by atoms with Crippen LogP contribution in [0.15, 0.2) is 84.2 Å². The number of hydrogen-bond acceptors (Lipinski definition) is 9. The number of anilines is 3. The summed E-state index contributed by atoms with van der Waals surface area (Å²) in [4.78, 5) is 31.9. The average Bonchev–Trinajstić information content (AvgIpc) is 3.05. The SMILES string of the molecule is CCOC#Cc1cc2cnc(Nc3ccc(NC4CCNCC4)cc3)nc2n(Cc2cncnc2-c2ccccc2)c1=O. The molecular formula is C33H32N8O2. The molecule has 1 fully saturated rings. The summed E-state index contributed by atoms with van der Waals surface area (Å²) >= 11 is 0. The number of rotatable bonds is 8. The van der Waals surface area contributed by atoms with Crippen molar-refractivity contribution in [3.05, 3.63) is 101 Å². The molecule has 5 aromatic rings. The number of piperidine rings is 1. The van der Waals surface area contributed by atoms with Crippen molar-refractivity contribution in [3.8, 4) is 23.3 Å². The third-order valence-corrected chi connectivity index (χ3v) is 7.24. The first-order valence-corrected chi connectivity index (χ1v) is 14.4. The van der Waals surface area contributed by atoms with Crippen molar-refractivity contribution >= 4 is 28.4 Å². The van der Waals surface area contributed by atoms with E-state index in [4.69, 9.17) is 9.72 Å². The van der Waals surface area contributed by atoms with Gasteiger partial charge < -0.3 is 20.7 Å². The molecule has 0 spiro atoms. The zero-order chi connectivity index (χ0) is 29.4. The van der Waals surface area contributed by atoms with Gasteiger partial charge in [0.15, 0.2) is 0 Å². The maximum atomic E-state index is 13.8. The van der Waals surface area contributed by atoms with Crippen LogP contribution in [-0.4, -0.2) is 50.2 Å². The fraction of sp³-hybridized carbons (Fsp3) is 0.242. The summed E-state index contributed by atoms with van der Waals surface area (Å²) in [5.74, 6) is 3.23. The van der Waals surface area contributed by atoms with Crippen molar-refractivity contribution in [3.63, 3.8) is 0 Å². The Bertz CT molecular complexity index is 1820. The first-order valence-electron chi connectivity index (χ1n) is 14.4. The van der Waals surface area contributed by atoms with E-state index in [1.807, 2.05) is 61.5 Å². The van der Waals surface area contributed by atoms with Crippen LogP contribution in [0.2, 0.25) is 0 Å². The van der Waals surface area contributed by atoms with Crippen LogP contribution >= 0.6 is 0 Å². The highest BCUT2D eigenvalue weighted by Gasteiger charge is 2.16. The van der Waals surface area contributed by atoms with Gasteiger partial charge in [0.2, 0.25) is 5.95 Å². The molecule has 6 rings (SSSR count).